The fourth-order valence-electron chi connectivity index (χ4n) is 3.54. The molecular weight excluding hydrogens is 222 g/mol. The van der Waals surface area contributed by atoms with Crippen LogP contribution in [0.25, 0.3) is 0 Å². The van der Waals surface area contributed by atoms with Crippen molar-refractivity contribution in [3.05, 3.63) is 29.6 Å². The van der Waals surface area contributed by atoms with Gasteiger partial charge in [0.2, 0.25) is 0 Å². The van der Waals surface area contributed by atoms with Gasteiger partial charge in [-0.2, -0.15) is 0 Å². The summed E-state index contributed by atoms with van der Waals surface area (Å²) in [6.45, 7) is 6.74. The molecule has 1 aromatic heterocycles. The van der Waals surface area contributed by atoms with Crippen LogP contribution in [-0.2, 0) is 6.42 Å². The van der Waals surface area contributed by atoms with E-state index < -0.39 is 0 Å². The van der Waals surface area contributed by atoms with E-state index in [-0.39, 0.29) is 6.10 Å². The molecule has 0 bridgehead atoms. The number of aliphatic hydroxyl groups is 1. The molecule has 2 rings (SSSR count). The predicted molar refractivity (Wildman–Crippen MR) is 74.2 cm³/mol. The molecule has 0 spiro atoms. The number of nitrogens with zero attached hydrogens (tertiary/aromatic N) is 1. The lowest BCUT2D eigenvalue weighted by Crippen LogP contribution is -2.25. The molecule has 1 aliphatic rings. The van der Waals surface area contributed by atoms with Crippen LogP contribution < -0.4 is 0 Å². The van der Waals surface area contributed by atoms with Crippen molar-refractivity contribution in [3.63, 3.8) is 0 Å². The van der Waals surface area contributed by atoms with Crippen LogP contribution in [0.15, 0.2) is 18.5 Å². The summed E-state index contributed by atoms with van der Waals surface area (Å²) in [6, 6.07) is 1.99. The van der Waals surface area contributed by atoms with Gasteiger partial charge >= 0.3 is 0 Å². The van der Waals surface area contributed by atoms with Crippen LogP contribution in [0.1, 0.15) is 57.3 Å². The largest absolute Gasteiger partial charge is 0.388 e. The second-order valence-corrected chi connectivity index (χ2v) is 6.05. The van der Waals surface area contributed by atoms with E-state index in [9.17, 15) is 5.11 Å². The van der Waals surface area contributed by atoms with E-state index in [1.165, 1.54) is 12.0 Å². The van der Waals surface area contributed by atoms with Crippen molar-refractivity contribution in [3.8, 4) is 0 Å². The summed E-state index contributed by atoms with van der Waals surface area (Å²) in [5, 5.41) is 10.7. The van der Waals surface area contributed by atoms with Gasteiger partial charge < -0.3 is 5.11 Å². The molecule has 0 amide bonds. The first kappa shape index (κ1) is 13.5. The molecule has 3 atom stereocenters. The van der Waals surface area contributed by atoms with Crippen LogP contribution in [0, 0.1) is 17.8 Å². The van der Waals surface area contributed by atoms with Crippen LogP contribution >= 0.6 is 0 Å². The Labute approximate surface area is 110 Å². The first-order valence-corrected chi connectivity index (χ1v) is 7.22. The van der Waals surface area contributed by atoms with Crippen molar-refractivity contribution in [1.29, 1.82) is 0 Å². The molecule has 1 aromatic rings. The van der Waals surface area contributed by atoms with Crippen molar-refractivity contribution in [1.82, 2.24) is 4.98 Å². The molecule has 0 aromatic carbocycles. The maximum atomic E-state index is 10.7. The SMILES string of the molecule is CCc1cnccc1C(O)C1CC(C)CC(C)C1. The highest BCUT2D eigenvalue weighted by atomic mass is 16.3. The quantitative estimate of drug-likeness (QED) is 0.882. The summed E-state index contributed by atoms with van der Waals surface area (Å²) in [4.78, 5) is 4.16. The smallest absolute Gasteiger partial charge is 0.0822 e. The number of rotatable bonds is 3. The van der Waals surface area contributed by atoms with Crippen molar-refractivity contribution in [2.75, 3.05) is 0 Å². The summed E-state index contributed by atoms with van der Waals surface area (Å²) in [7, 11) is 0. The molecule has 1 saturated carbocycles. The van der Waals surface area contributed by atoms with Gasteiger partial charge in [0.1, 0.15) is 0 Å². The number of hydrogen-bond donors (Lipinski definition) is 1. The fourth-order valence-corrected chi connectivity index (χ4v) is 3.54. The average molecular weight is 247 g/mol. The Morgan fingerprint density at radius 2 is 1.94 bits per heavy atom. The van der Waals surface area contributed by atoms with E-state index in [2.05, 4.69) is 25.8 Å². The maximum absolute atomic E-state index is 10.7. The molecule has 2 heteroatoms. The van der Waals surface area contributed by atoms with Gasteiger partial charge in [-0.25, -0.2) is 0 Å². The first-order chi connectivity index (χ1) is 8.61. The van der Waals surface area contributed by atoms with E-state index >= 15 is 0 Å². The van der Waals surface area contributed by atoms with E-state index in [1.54, 1.807) is 6.20 Å². The summed E-state index contributed by atoms with van der Waals surface area (Å²) >= 11 is 0. The first-order valence-electron chi connectivity index (χ1n) is 7.22. The van der Waals surface area contributed by atoms with Gasteiger partial charge in [-0.05, 0) is 60.6 Å². The minimum atomic E-state index is -0.312. The van der Waals surface area contributed by atoms with Gasteiger partial charge in [-0.15, -0.1) is 0 Å². The monoisotopic (exact) mass is 247 g/mol. The molecule has 0 aliphatic heterocycles. The molecule has 1 heterocycles. The Hall–Kier alpha value is -0.890. The Morgan fingerprint density at radius 3 is 2.56 bits per heavy atom. The number of aryl methyl sites for hydroxylation is 1. The van der Waals surface area contributed by atoms with Crippen LogP contribution in [0.3, 0.4) is 0 Å². The van der Waals surface area contributed by atoms with Gasteiger partial charge in [0.05, 0.1) is 6.10 Å². The topological polar surface area (TPSA) is 33.1 Å². The van der Waals surface area contributed by atoms with E-state index in [4.69, 9.17) is 0 Å². The molecule has 1 N–H and O–H groups in total. The zero-order chi connectivity index (χ0) is 13.1. The third-order valence-electron chi connectivity index (χ3n) is 4.30. The molecule has 3 unspecified atom stereocenters. The Morgan fingerprint density at radius 1 is 1.28 bits per heavy atom. The molecule has 18 heavy (non-hydrogen) atoms. The number of pyridine rings is 1. The minimum Gasteiger partial charge on any atom is -0.388 e. The van der Waals surface area contributed by atoms with E-state index in [0.29, 0.717) is 5.92 Å². The predicted octanol–water partition coefficient (Wildman–Crippen LogP) is 3.75. The summed E-state index contributed by atoms with van der Waals surface area (Å²) in [5.74, 6) is 1.89. The standard InChI is InChI=1S/C16H25NO/c1-4-13-10-17-6-5-15(13)16(18)14-8-11(2)7-12(3)9-14/h5-6,10-12,14,16,18H,4,7-9H2,1-3H3. The lowest BCUT2D eigenvalue weighted by molar-refractivity contribution is 0.0545. The van der Waals surface area contributed by atoms with Gasteiger partial charge in [-0.1, -0.05) is 20.8 Å². The van der Waals surface area contributed by atoms with Gasteiger partial charge in [-0.3, -0.25) is 4.98 Å². The molecule has 1 fully saturated rings. The Balaban J connectivity index is 2.17. The summed E-state index contributed by atoms with van der Waals surface area (Å²) < 4.78 is 0. The normalized spacial score (nSPS) is 30.1. The summed E-state index contributed by atoms with van der Waals surface area (Å²) in [5.41, 5.74) is 2.29. The lowest BCUT2D eigenvalue weighted by atomic mass is 9.73. The highest BCUT2D eigenvalue weighted by Gasteiger charge is 2.30. The molecule has 1 aliphatic carbocycles. The van der Waals surface area contributed by atoms with Gasteiger partial charge in [0.15, 0.2) is 0 Å². The van der Waals surface area contributed by atoms with E-state index in [1.807, 2.05) is 12.3 Å². The molecule has 100 valence electrons. The number of hydrogen-bond acceptors (Lipinski definition) is 2. The maximum Gasteiger partial charge on any atom is 0.0822 e. The Kier molecular flexibility index (Phi) is 4.39. The van der Waals surface area contributed by atoms with Crippen molar-refractivity contribution in [2.24, 2.45) is 17.8 Å². The van der Waals surface area contributed by atoms with Crippen molar-refractivity contribution >= 4 is 0 Å². The van der Waals surface area contributed by atoms with Crippen LogP contribution in [0.5, 0.6) is 0 Å². The zero-order valence-corrected chi connectivity index (χ0v) is 11.8. The second kappa shape index (κ2) is 5.83. The molecule has 2 nitrogen and oxygen atoms in total. The van der Waals surface area contributed by atoms with Crippen LogP contribution in [-0.4, -0.2) is 10.1 Å². The van der Waals surface area contributed by atoms with Crippen molar-refractivity contribution < 1.29 is 5.11 Å². The molecule has 0 saturated heterocycles. The van der Waals surface area contributed by atoms with Crippen LogP contribution in [0.2, 0.25) is 0 Å². The van der Waals surface area contributed by atoms with Crippen LogP contribution in [0.4, 0.5) is 0 Å². The average Bonchev–Trinajstić information content (AvgIpc) is 2.36. The second-order valence-electron chi connectivity index (χ2n) is 6.05. The lowest BCUT2D eigenvalue weighted by Gasteiger charge is -2.35. The van der Waals surface area contributed by atoms with Gasteiger partial charge in [0.25, 0.3) is 0 Å². The summed E-state index contributed by atoms with van der Waals surface area (Å²) in [6.07, 6.45) is 7.93. The highest BCUT2D eigenvalue weighted by Crippen LogP contribution is 2.40. The number of aromatic nitrogens is 1. The van der Waals surface area contributed by atoms with Gasteiger partial charge in [0, 0.05) is 12.4 Å². The third kappa shape index (κ3) is 2.92. The third-order valence-corrected chi connectivity index (χ3v) is 4.30. The van der Waals surface area contributed by atoms with Crippen molar-refractivity contribution in [2.45, 2.75) is 52.6 Å². The van der Waals surface area contributed by atoms with E-state index in [0.717, 1.165) is 36.7 Å². The molecular formula is C16H25NO. The molecule has 0 radical (unpaired) electrons. The fraction of sp³-hybridized carbons (Fsp3) is 0.688. The highest BCUT2D eigenvalue weighted by molar-refractivity contribution is 5.26. The zero-order valence-electron chi connectivity index (χ0n) is 11.8. The number of aliphatic hydroxyl groups excluding tert-OH is 1. The Bertz CT molecular complexity index is 380. The minimum absolute atomic E-state index is 0.312.